The Balaban J connectivity index is 0.975. The van der Waals surface area contributed by atoms with Crippen molar-refractivity contribution < 1.29 is 0 Å². The number of hydrogen-bond acceptors (Lipinski definition) is 1. The zero-order chi connectivity index (χ0) is 46.2. The number of thiophene rings is 1. The van der Waals surface area contributed by atoms with Gasteiger partial charge in [0, 0.05) is 53.1 Å². The highest BCUT2D eigenvalue weighted by Gasteiger charge is 2.43. The first kappa shape index (κ1) is 40.5. The van der Waals surface area contributed by atoms with Crippen LogP contribution in [-0.4, -0.2) is 17.2 Å². The first-order valence-corrected chi connectivity index (χ1v) is 26.9. The lowest BCUT2D eigenvalue weighted by atomic mass is 9.99. The van der Waals surface area contributed by atoms with Crippen molar-refractivity contribution >= 4 is 104 Å². The van der Waals surface area contributed by atoms with Crippen molar-refractivity contribution in [1.29, 1.82) is 0 Å². The normalized spacial score (nSPS) is 12.0. The molecule has 0 fully saturated rings. The molecule has 4 heteroatoms. The van der Waals surface area contributed by atoms with Crippen LogP contribution in [0.4, 0.5) is 0 Å². The summed E-state index contributed by atoms with van der Waals surface area (Å²) in [6.45, 7) is 0. The second-order valence-electron chi connectivity index (χ2n) is 18.4. The van der Waals surface area contributed by atoms with Gasteiger partial charge in [-0.3, -0.25) is 0 Å². The highest BCUT2D eigenvalue weighted by Crippen LogP contribution is 2.40. The number of benzene rings is 11. The third-order valence-electron chi connectivity index (χ3n) is 14.7. The third-order valence-corrected chi connectivity index (χ3v) is 20.9. The van der Waals surface area contributed by atoms with Crippen molar-refractivity contribution in [1.82, 2.24) is 9.13 Å². The van der Waals surface area contributed by atoms with E-state index in [1.54, 1.807) is 0 Å². The van der Waals surface area contributed by atoms with Gasteiger partial charge in [-0.25, -0.2) is 0 Å². The zero-order valence-electron chi connectivity index (χ0n) is 38.2. The highest BCUT2D eigenvalue weighted by molar-refractivity contribution is 7.30. The lowest BCUT2D eigenvalue weighted by molar-refractivity contribution is 1.18. The van der Waals surface area contributed by atoms with E-state index in [0.717, 1.165) is 5.69 Å². The molecule has 70 heavy (non-hydrogen) atoms. The van der Waals surface area contributed by atoms with Crippen LogP contribution in [0, 0.1) is 0 Å². The third kappa shape index (κ3) is 6.24. The summed E-state index contributed by atoms with van der Waals surface area (Å²) in [4.78, 5) is 0. The van der Waals surface area contributed by atoms with E-state index >= 15 is 0 Å². The summed E-state index contributed by atoms with van der Waals surface area (Å²) < 4.78 is 7.52. The van der Waals surface area contributed by atoms with Gasteiger partial charge in [0.25, 0.3) is 0 Å². The summed E-state index contributed by atoms with van der Waals surface area (Å²) in [5, 5.41) is 13.2. The Bertz CT molecular complexity index is 4240. The van der Waals surface area contributed by atoms with Gasteiger partial charge in [0.05, 0.1) is 22.1 Å². The fourth-order valence-corrected chi connectivity index (χ4v) is 18.2. The van der Waals surface area contributed by atoms with Crippen molar-refractivity contribution in [3.63, 3.8) is 0 Å². The van der Waals surface area contributed by atoms with Gasteiger partial charge in [0.2, 0.25) is 0 Å². The Labute approximate surface area is 411 Å². The Hall–Kier alpha value is -8.54. The molecule has 2 nitrogen and oxygen atoms in total. The lowest BCUT2D eigenvalue weighted by Gasteiger charge is -2.35. The molecule has 0 radical (unpaired) electrons. The molecule has 0 spiro atoms. The molecular formula is C66H44N2SSi. The molecule has 0 unspecified atom stereocenters. The smallest absolute Gasteiger partial charge is 0.181 e. The maximum absolute atomic E-state index is 2.92. The lowest BCUT2D eigenvalue weighted by Crippen LogP contribution is -2.74. The fraction of sp³-hybridized carbons (Fsp3) is 0. The van der Waals surface area contributed by atoms with Crippen LogP contribution >= 0.6 is 11.3 Å². The number of aromatic nitrogens is 2. The Kier molecular flexibility index (Phi) is 9.44. The van der Waals surface area contributed by atoms with Gasteiger partial charge >= 0.3 is 0 Å². The molecule has 328 valence electrons. The highest BCUT2D eigenvalue weighted by atomic mass is 32.1. The monoisotopic (exact) mass is 924 g/mol. The molecule has 0 saturated heterocycles. The Morgan fingerprint density at radius 2 is 0.686 bits per heavy atom. The molecule has 14 aromatic rings. The van der Waals surface area contributed by atoms with E-state index in [9.17, 15) is 0 Å². The number of para-hydroxylation sites is 3. The molecule has 0 aliphatic heterocycles. The quantitative estimate of drug-likeness (QED) is 0.106. The standard InChI is InChI=1S/C66H44N2SSi/c1-5-20-49(21-6-1)67-60-32-15-13-29-54(60)57-42-47(36-38-61(57)67)48-37-40-63-59(44-48)58-43-46(35-39-62(58)68(63)50-22-7-2-8-23-50)45-19-17-28-53(41-45)70(51-24-9-3-10-25-51,52-26-11-4-12-27-52)65-34-18-31-56-55-30-14-16-33-64(55)69-66(56)65/h1-44H. The van der Waals surface area contributed by atoms with Crippen LogP contribution in [0.3, 0.4) is 0 Å². The SMILES string of the molecule is c1ccc(-n2c3ccccc3c3cc(-c4ccc5c(c4)c4cc(-c6cccc([Si](c7ccccc7)(c7ccccc7)c7cccc8c7sc7ccccc78)c6)ccc4n5-c4ccccc4)ccc32)cc1. The number of hydrogen-bond donors (Lipinski definition) is 0. The number of fused-ring (bicyclic) bond motifs is 9. The van der Waals surface area contributed by atoms with Crippen LogP contribution in [-0.2, 0) is 0 Å². The molecule has 0 amide bonds. The summed E-state index contributed by atoms with van der Waals surface area (Å²) >= 11 is 1.93. The van der Waals surface area contributed by atoms with Crippen molar-refractivity contribution in [2.75, 3.05) is 0 Å². The summed E-state index contributed by atoms with van der Waals surface area (Å²) in [6, 6.07) is 99.6. The predicted octanol–water partition coefficient (Wildman–Crippen LogP) is 15.0. The van der Waals surface area contributed by atoms with Gasteiger partial charge in [0.15, 0.2) is 8.07 Å². The van der Waals surface area contributed by atoms with Crippen LogP contribution in [0.15, 0.2) is 267 Å². The van der Waals surface area contributed by atoms with E-state index in [4.69, 9.17) is 0 Å². The molecule has 0 saturated carbocycles. The average molecular weight is 925 g/mol. The minimum Gasteiger partial charge on any atom is -0.309 e. The Morgan fingerprint density at radius 1 is 0.271 bits per heavy atom. The fourth-order valence-electron chi connectivity index (χ4n) is 11.6. The van der Waals surface area contributed by atoms with Crippen molar-refractivity contribution in [2.45, 2.75) is 0 Å². The number of nitrogens with zero attached hydrogens (tertiary/aromatic N) is 2. The van der Waals surface area contributed by atoms with Gasteiger partial charge in [-0.15, -0.1) is 11.3 Å². The molecule has 0 aliphatic rings. The Morgan fingerprint density at radius 3 is 1.26 bits per heavy atom. The molecule has 11 aromatic carbocycles. The maximum Gasteiger partial charge on any atom is 0.181 e. The largest absolute Gasteiger partial charge is 0.309 e. The second kappa shape index (κ2) is 16.3. The minimum atomic E-state index is -2.92. The topological polar surface area (TPSA) is 9.86 Å². The first-order valence-electron chi connectivity index (χ1n) is 24.1. The maximum atomic E-state index is 2.52. The van der Waals surface area contributed by atoms with E-state index in [0.29, 0.717) is 0 Å². The first-order chi connectivity index (χ1) is 34.7. The number of rotatable bonds is 8. The van der Waals surface area contributed by atoms with Crippen molar-refractivity contribution in [3.8, 4) is 33.6 Å². The van der Waals surface area contributed by atoms with Gasteiger partial charge in [0.1, 0.15) is 0 Å². The molecular weight excluding hydrogens is 881 g/mol. The second-order valence-corrected chi connectivity index (χ2v) is 23.2. The van der Waals surface area contributed by atoms with E-state index in [1.807, 2.05) is 11.3 Å². The van der Waals surface area contributed by atoms with Gasteiger partial charge < -0.3 is 9.13 Å². The molecule has 3 aromatic heterocycles. The summed E-state index contributed by atoms with van der Waals surface area (Å²) in [6.07, 6.45) is 0. The van der Waals surface area contributed by atoms with Crippen LogP contribution in [0.1, 0.15) is 0 Å². The van der Waals surface area contributed by atoms with E-state index in [2.05, 4.69) is 276 Å². The summed E-state index contributed by atoms with van der Waals surface area (Å²) in [7, 11) is -2.92. The molecule has 0 N–H and O–H groups in total. The summed E-state index contributed by atoms with van der Waals surface area (Å²) in [5.74, 6) is 0. The van der Waals surface area contributed by atoms with E-state index in [-0.39, 0.29) is 0 Å². The van der Waals surface area contributed by atoms with Crippen molar-refractivity contribution in [2.24, 2.45) is 0 Å². The van der Waals surface area contributed by atoms with Crippen LogP contribution in [0.5, 0.6) is 0 Å². The van der Waals surface area contributed by atoms with Crippen LogP contribution in [0.25, 0.3) is 97.4 Å². The van der Waals surface area contributed by atoms with Crippen molar-refractivity contribution in [3.05, 3.63) is 267 Å². The zero-order valence-corrected chi connectivity index (χ0v) is 40.0. The van der Waals surface area contributed by atoms with E-state index < -0.39 is 8.07 Å². The molecule has 0 bridgehead atoms. The van der Waals surface area contributed by atoms with Gasteiger partial charge in [-0.1, -0.05) is 194 Å². The predicted molar refractivity (Wildman–Crippen MR) is 302 cm³/mol. The molecule has 14 rings (SSSR count). The van der Waals surface area contributed by atoms with Crippen LogP contribution < -0.4 is 20.7 Å². The minimum absolute atomic E-state index is 1.15. The summed E-state index contributed by atoms with van der Waals surface area (Å²) in [5.41, 5.74) is 11.9. The molecule has 3 heterocycles. The van der Waals surface area contributed by atoms with Crippen LogP contribution in [0.2, 0.25) is 0 Å². The average Bonchev–Trinajstić information content (AvgIpc) is 4.10. The molecule has 0 aliphatic carbocycles. The molecule has 0 atom stereocenters. The van der Waals surface area contributed by atoms with E-state index in [1.165, 1.54) is 112 Å². The van der Waals surface area contributed by atoms with Gasteiger partial charge in [-0.05, 0) is 116 Å². The van der Waals surface area contributed by atoms with Gasteiger partial charge in [-0.2, -0.15) is 0 Å².